The molecule has 2 rings (SSSR count). The lowest BCUT2D eigenvalue weighted by Gasteiger charge is -2.26. The van der Waals surface area contributed by atoms with Crippen LogP contribution in [0.1, 0.15) is 57.6 Å². The van der Waals surface area contributed by atoms with Gasteiger partial charge in [-0.25, -0.2) is 0 Å². The lowest BCUT2D eigenvalue weighted by molar-refractivity contribution is 0.00466. The maximum absolute atomic E-state index is 6.06. The first kappa shape index (κ1) is 15.5. The van der Waals surface area contributed by atoms with Gasteiger partial charge in [0.05, 0.1) is 12.7 Å². The normalized spacial score (nSPS) is 23.2. The maximum atomic E-state index is 6.06. The van der Waals surface area contributed by atoms with Crippen LogP contribution in [-0.2, 0) is 17.9 Å². The van der Waals surface area contributed by atoms with E-state index in [1.807, 2.05) is 0 Å². The summed E-state index contributed by atoms with van der Waals surface area (Å²) in [6.07, 6.45) is 5.64. The fourth-order valence-electron chi connectivity index (χ4n) is 2.82. The predicted octanol–water partition coefficient (Wildman–Crippen LogP) is 4.28. The molecule has 1 fully saturated rings. The standard InChI is InChI=1S/C18H29NO/c1-14(2)19-12-16-7-9-17(10-8-16)13-20-18-6-4-5-15(3)11-18/h7-10,14-15,18-19H,4-6,11-13H2,1-3H3. The fraction of sp³-hybridized carbons (Fsp3) is 0.667. The van der Waals surface area contributed by atoms with Gasteiger partial charge in [-0.3, -0.25) is 0 Å². The Morgan fingerprint density at radius 3 is 2.50 bits per heavy atom. The van der Waals surface area contributed by atoms with Crippen LogP contribution in [0.25, 0.3) is 0 Å². The molecule has 0 radical (unpaired) electrons. The minimum absolute atomic E-state index is 0.473. The zero-order valence-corrected chi connectivity index (χ0v) is 13.2. The third kappa shape index (κ3) is 5.26. The first-order valence-electron chi connectivity index (χ1n) is 8.06. The van der Waals surface area contributed by atoms with Gasteiger partial charge in [-0.2, -0.15) is 0 Å². The van der Waals surface area contributed by atoms with Crippen LogP contribution in [0.4, 0.5) is 0 Å². The van der Waals surface area contributed by atoms with Crippen molar-refractivity contribution in [2.24, 2.45) is 5.92 Å². The Morgan fingerprint density at radius 2 is 1.85 bits per heavy atom. The van der Waals surface area contributed by atoms with Gasteiger partial charge < -0.3 is 10.1 Å². The molecule has 0 heterocycles. The molecule has 0 aliphatic heterocycles. The molecule has 2 atom stereocenters. The van der Waals surface area contributed by atoms with Crippen LogP contribution in [0.3, 0.4) is 0 Å². The third-order valence-corrected chi connectivity index (χ3v) is 4.11. The van der Waals surface area contributed by atoms with Crippen LogP contribution >= 0.6 is 0 Å². The molecule has 1 aromatic carbocycles. The van der Waals surface area contributed by atoms with E-state index < -0.39 is 0 Å². The van der Waals surface area contributed by atoms with Gasteiger partial charge in [-0.1, -0.05) is 57.9 Å². The van der Waals surface area contributed by atoms with Crippen molar-refractivity contribution in [2.75, 3.05) is 0 Å². The molecule has 0 amide bonds. The number of hydrogen-bond acceptors (Lipinski definition) is 2. The topological polar surface area (TPSA) is 21.3 Å². The highest BCUT2D eigenvalue weighted by Gasteiger charge is 2.19. The Kier molecular flexibility index (Phi) is 6.06. The van der Waals surface area contributed by atoms with E-state index in [1.165, 1.54) is 36.8 Å². The number of benzene rings is 1. The van der Waals surface area contributed by atoms with E-state index in [-0.39, 0.29) is 0 Å². The molecule has 1 saturated carbocycles. The Labute approximate surface area is 123 Å². The van der Waals surface area contributed by atoms with E-state index in [9.17, 15) is 0 Å². The number of nitrogens with one attached hydrogen (secondary N) is 1. The summed E-state index contributed by atoms with van der Waals surface area (Å²) in [5, 5.41) is 3.44. The summed E-state index contributed by atoms with van der Waals surface area (Å²) in [4.78, 5) is 0. The summed E-state index contributed by atoms with van der Waals surface area (Å²) in [6, 6.07) is 9.34. The van der Waals surface area contributed by atoms with Crippen molar-refractivity contribution >= 4 is 0 Å². The van der Waals surface area contributed by atoms with Crippen molar-refractivity contribution in [2.45, 2.75) is 71.8 Å². The van der Waals surface area contributed by atoms with E-state index in [0.29, 0.717) is 12.1 Å². The molecular weight excluding hydrogens is 246 g/mol. The molecule has 1 N–H and O–H groups in total. The monoisotopic (exact) mass is 275 g/mol. The van der Waals surface area contributed by atoms with Gasteiger partial charge >= 0.3 is 0 Å². The summed E-state index contributed by atoms with van der Waals surface area (Å²) in [5.41, 5.74) is 2.63. The zero-order chi connectivity index (χ0) is 14.4. The van der Waals surface area contributed by atoms with E-state index in [2.05, 4.69) is 50.4 Å². The van der Waals surface area contributed by atoms with Gasteiger partial charge in [0.25, 0.3) is 0 Å². The Bertz CT molecular complexity index is 385. The van der Waals surface area contributed by atoms with E-state index >= 15 is 0 Å². The highest BCUT2D eigenvalue weighted by Crippen LogP contribution is 2.26. The Hall–Kier alpha value is -0.860. The highest BCUT2D eigenvalue weighted by molar-refractivity contribution is 5.22. The molecule has 112 valence electrons. The zero-order valence-electron chi connectivity index (χ0n) is 13.2. The van der Waals surface area contributed by atoms with E-state index in [1.54, 1.807) is 0 Å². The fourth-order valence-corrected chi connectivity index (χ4v) is 2.82. The predicted molar refractivity (Wildman–Crippen MR) is 84.6 cm³/mol. The second-order valence-electron chi connectivity index (χ2n) is 6.56. The quantitative estimate of drug-likeness (QED) is 0.836. The summed E-state index contributed by atoms with van der Waals surface area (Å²) in [5.74, 6) is 0.832. The molecule has 1 aromatic rings. The van der Waals surface area contributed by atoms with Crippen molar-refractivity contribution in [1.82, 2.24) is 5.32 Å². The molecular formula is C18H29NO. The van der Waals surface area contributed by atoms with Crippen molar-refractivity contribution in [3.63, 3.8) is 0 Å². The van der Waals surface area contributed by atoms with Crippen molar-refractivity contribution in [3.8, 4) is 0 Å². The summed E-state index contributed by atoms with van der Waals surface area (Å²) < 4.78 is 6.06. The summed E-state index contributed by atoms with van der Waals surface area (Å²) in [6.45, 7) is 8.39. The number of ether oxygens (including phenoxy) is 1. The van der Waals surface area contributed by atoms with Gasteiger partial charge in [0.1, 0.15) is 0 Å². The first-order chi connectivity index (χ1) is 9.63. The largest absolute Gasteiger partial charge is 0.374 e. The summed E-state index contributed by atoms with van der Waals surface area (Å²) in [7, 11) is 0. The Morgan fingerprint density at radius 1 is 1.15 bits per heavy atom. The van der Waals surface area contributed by atoms with Crippen LogP contribution in [0, 0.1) is 5.92 Å². The SMILES string of the molecule is CC1CCCC(OCc2ccc(CNC(C)C)cc2)C1. The summed E-state index contributed by atoms with van der Waals surface area (Å²) >= 11 is 0. The molecule has 2 unspecified atom stereocenters. The molecule has 20 heavy (non-hydrogen) atoms. The van der Waals surface area contributed by atoms with Gasteiger partial charge in [-0.15, -0.1) is 0 Å². The van der Waals surface area contributed by atoms with Gasteiger partial charge in [0, 0.05) is 12.6 Å². The number of hydrogen-bond donors (Lipinski definition) is 1. The highest BCUT2D eigenvalue weighted by atomic mass is 16.5. The molecule has 2 nitrogen and oxygen atoms in total. The lowest BCUT2D eigenvalue weighted by atomic mass is 9.89. The second-order valence-corrected chi connectivity index (χ2v) is 6.56. The average Bonchev–Trinajstić information content (AvgIpc) is 2.44. The first-order valence-corrected chi connectivity index (χ1v) is 8.06. The lowest BCUT2D eigenvalue weighted by Crippen LogP contribution is -2.22. The minimum Gasteiger partial charge on any atom is -0.374 e. The molecule has 2 heteroatoms. The molecule has 0 spiro atoms. The smallest absolute Gasteiger partial charge is 0.0720 e. The average molecular weight is 275 g/mol. The van der Waals surface area contributed by atoms with Crippen molar-refractivity contribution in [1.29, 1.82) is 0 Å². The van der Waals surface area contributed by atoms with Crippen LogP contribution in [0.5, 0.6) is 0 Å². The molecule has 1 aliphatic carbocycles. The van der Waals surface area contributed by atoms with Crippen LogP contribution in [0.2, 0.25) is 0 Å². The van der Waals surface area contributed by atoms with Crippen LogP contribution < -0.4 is 5.32 Å². The van der Waals surface area contributed by atoms with Crippen molar-refractivity contribution in [3.05, 3.63) is 35.4 Å². The van der Waals surface area contributed by atoms with Gasteiger partial charge in [-0.05, 0) is 29.9 Å². The Balaban J connectivity index is 1.75. The van der Waals surface area contributed by atoms with Crippen LogP contribution in [-0.4, -0.2) is 12.1 Å². The van der Waals surface area contributed by atoms with Gasteiger partial charge in [0.15, 0.2) is 0 Å². The maximum Gasteiger partial charge on any atom is 0.0720 e. The van der Waals surface area contributed by atoms with Crippen LogP contribution in [0.15, 0.2) is 24.3 Å². The molecule has 1 aliphatic rings. The van der Waals surface area contributed by atoms with E-state index in [4.69, 9.17) is 4.74 Å². The molecule has 0 saturated heterocycles. The second kappa shape index (κ2) is 7.80. The molecule has 0 bridgehead atoms. The van der Waals surface area contributed by atoms with Crippen molar-refractivity contribution < 1.29 is 4.74 Å². The van der Waals surface area contributed by atoms with Gasteiger partial charge in [0.2, 0.25) is 0 Å². The number of rotatable bonds is 6. The van der Waals surface area contributed by atoms with E-state index in [0.717, 1.165) is 19.1 Å². The minimum atomic E-state index is 0.473. The third-order valence-electron chi connectivity index (χ3n) is 4.11. The molecule has 0 aromatic heterocycles.